The van der Waals surface area contributed by atoms with Crippen molar-refractivity contribution in [1.82, 2.24) is 4.98 Å². The summed E-state index contributed by atoms with van der Waals surface area (Å²) in [4.78, 5) is 14.5. The fraction of sp³-hybridized carbons (Fsp3) is 0.154. The van der Waals surface area contributed by atoms with E-state index in [0.29, 0.717) is 0 Å². The zero-order valence-electron chi connectivity index (χ0n) is 8.87. The van der Waals surface area contributed by atoms with Gasteiger partial charge in [-0.1, -0.05) is 30.3 Å². The molecule has 0 fully saturated rings. The van der Waals surface area contributed by atoms with E-state index in [1.807, 2.05) is 43.3 Å². The molecule has 0 aliphatic heterocycles. The lowest BCUT2D eigenvalue weighted by molar-refractivity contribution is 0.101. The fourth-order valence-corrected chi connectivity index (χ4v) is 1.70. The number of benzene rings is 1. The molecule has 2 aromatic rings. The molecule has 0 atom stereocenters. The Hall–Kier alpha value is -1.83. The van der Waals surface area contributed by atoms with Gasteiger partial charge in [-0.2, -0.15) is 0 Å². The molecular formula is C13H13NO. The van der Waals surface area contributed by atoms with Crippen molar-refractivity contribution in [3.05, 3.63) is 47.7 Å². The minimum Gasteiger partial charge on any atom is -0.358 e. The Balaban J connectivity index is 2.48. The van der Waals surface area contributed by atoms with Crippen LogP contribution in [0.25, 0.3) is 11.3 Å². The predicted molar refractivity (Wildman–Crippen MR) is 61.0 cm³/mol. The Kier molecular flexibility index (Phi) is 2.42. The van der Waals surface area contributed by atoms with Crippen LogP contribution in [-0.4, -0.2) is 10.8 Å². The van der Waals surface area contributed by atoms with Gasteiger partial charge in [0.15, 0.2) is 5.78 Å². The Morgan fingerprint density at radius 1 is 1.20 bits per heavy atom. The molecule has 0 bridgehead atoms. The number of ketones is 1. The summed E-state index contributed by atoms with van der Waals surface area (Å²) in [5.74, 6) is 0.103. The highest BCUT2D eigenvalue weighted by Crippen LogP contribution is 2.21. The molecule has 2 rings (SSSR count). The number of hydrogen-bond acceptors (Lipinski definition) is 1. The average Bonchev–Trinajstić information content (AvgIpc) is 2.62. The molecule has 1 aromatic heterocycles. The normalized spacial score (nSPS) is 10.3. The second-order valence-electron chi connectivity index (χ2n) is 3.64. The van der Waals surface area contributed by atoms with Crippen molar-refractivity contribution in [2.24, 2.45) is 0 Å². The predicted octanol–water partition coefficient (Wildman–Crippen LogP) is 3.19. The third-order valence-electron chi connectivity index (χ3n) is 2.48. The fourth-order valence-electron chi connectivity index (χ4n) is 1.70. The Morgan fingerprint density at radius 2 is 1.87 bits per heavy atom. The molecule has 76 valence electrons. The number of aromatic amines is 1. The Morgan fingerprint density at radius 3 is 2.40 bits per heavy atom. The molecule has 0 amide bonds. The van der Waals surface area contributed by atoms with Gasteiger partial charge in [0.25, 0.3) is 0 Å². The van der Waals surface area contributed by atoms with Gasteiger partial charge in [-0.05, 0) is 25.5 Å². The summed E-state index contributed by atoms with van der Waals surface area (Å²) < 4.78 is 0. The summed E-state index contributed by atoms with van der Waals surface area (Å²) in [6.45, 7) is 3.51. The van der Waals surface area contributed by atoms with Gasteiger partial charge in [-0.25, -0.2) is 0 Å². The zero-order chi connectivity index (χ0) is 10.8. The van der Waals surface area contributed by atoms with E-state index in [-0.39, 0.29) is 5.78 Å². The summed E-state index contributed by atoms with van der Waals surface area (Å²) in [5.41, 5.74) is 3.81. The number of aromatic nitrogens is 1. The summed E-state index contributed by atoms with van der Waals surface area (Å²) in [7, 11) is 0. The van der Waals surface area contributed by atoms with Crippen molar-refractivity contribution >= 4 is 5.78 Å². The van der Waals surface area contributed by atoms with Crippen LogP contribution in [0.4, 0.5) is 0 Å². The highest BCUT2D eigenvalue weighted by molar-refractivity contribution is 5.96. The van der Waals surface area contributed by atoms with E-state index in [2.05, 4.69) is 4.98 Å². The summed E-state index contributed by atoms with van der Waals surface area (Å²) in [6, 6.07) is 11.9. The maximum absolute atomic E-state index is 11.3. The second kappa shape index (κ2) is 3.73. The minimum absolute atomic E-state index is 0.103. The number of rotatable bonds is 2. The van der Waals surface area contributed by atoms with E-state index in [0.717, 1.165) is 22.5 Å². The first-order chi connectivity index (χ1) is 7.18. The molecule has 1 N–H and O–H groups in total. The first kappa shape index (κ1) is 9.71. The van der Waals surface area contributed by atoms with E-state index in [4.69, 9.17) is 0 Å². The van der Waals surface area contributed by atoms with Gasteiger partial charge in [0.2, 0.25) is 0 Å². The molecule has 1 aromatic carbocycles. The highest BCUT2D eigenvalue weighted by Gasteiger charge is 2.09. The number of H-pyrrole nitrogens is 1. The van der Waals surface area contributed by atoms with Crippen LogP contribution >= 0.6 is 0 Å². The van der Waals surface area contributed by atoms with Crippen LogP contribution in [0.1, 0.15) is 23.0 Å². The lowest BCUT2D eigenvalue weighted by atomic mass is 10.1. The third kappa shape index (κ3) is 1.84. The van der Waals surface area contributed by atoms with Gasteiger partial charge >= 0.3 is 0 Å². The maximum atomic E-state index is 11.3. The van der Waals surface area contributed by atoms with Crippen molar-refractivity contribution in [2.75, 3.05) is 0 Å². The number of nitrogens with one attached hydrogen (secondary N) is 1. The lowest BCUT2D eigenvalue weighted by Gasteiger charge is -1.95. The largest absolute Gasteiger partial charge is 0.358 e. The van der Waals surface area contributed by atoms with Crippen LogP contribution in [0.15, 0.2) is 36.4 Å². The first-order valence-corrected chi connectivity index (χ1v) is 4.94. The molecule has 0 unspecified atom stereocenters. The summed E-state index contributed by atoms with van der Waals surface area (Å²) in [6.07, 6.45) is 0. The van der Waals surface area contributed by atoms with Crippen molar-refractivity contribution < 1.29 is 4.79 Å². The quantitative estimate of drug-likeness (QED) is 0.740. The van der Waals surface area contributed by atoms with Gasteiger partial charge in [-0.15, -0.1) is 0 Å². The van der Waals surface area contributed by atoms with Crippen LogP contribution in [0.5, 0.6) is 0 Å². The van der Waals surface area contributed by atoms with E-state index in [9.17, 15) is 4.79 Å². The Labute approximate surface area is 89.0 Å². The number of carbonyl (C=O) groups is 1. The van der Waals surface area contributed by atoms with Gasteiger partial charge in [0.1, 0.15) is 0 Å². The highest BCUT2D eigenvalue weighted by atomic mass is 16.1. The monoisotopic (exact) mass is 199 g/mol. The molecule has 2 nitrogen and oxygen atoms in total. The average molecular weight is 199 g/mol. The van der Waals surface area contributed by atoms with E-state index in [1.165, 1.54) is 0 Å². The molecule has 1 heterocycles. The smallest absolute Gasteiger partial charge is 0.161 e. The van der Waals surface area contributed by atoms with Crippen LogP contribution in [0, 0.1) is 6.92 Å². The first-order valence-electron chi connectivity index (χ1n) is 4.94. The molecule has 0 saturated carbocycles. The van der Waals surface area contributed by atoms with E-state index in [1.54, 1.807) is 6.92 Å². The molecule has 2 heteroatoms. The molecular weight excluding hydrogens is 186 g/mol. The maximum Gasteiger partial charge on any atom is 0.161 e. The molecule has 0 aliphatic carbocycles. The lowest BCUT2D eigenvalue weighted by Crippen LogP contribution is -1.90. The van der Waals surface area contributed by atoms with Crippen molar-refractivity contribution in [2.45, 2.75) is 13.8 Å². The summed E-state index contributed by atoms with van der Waals surface area (Å²) in [5, 5.41) is 0. The van der Waals surface area contributed by atoms with Crippen LogP contribution in [0.2, 0.25) is 0 Å². The van der Waals surface area contributed by atoms with Crippen molar-refractivity contribution in [1.29, 1.82) is 0 Å². The molecule has 0 radical (unpaired) electrons. The number of carbonyl (C=O) groups excluding carboxylic acids is 1. The molecule has 15 heavy (non-hydrogen) atoms. The van der Waals surface area contributed by atoms with Gasteiger partial charge in [0.05, 0.1) is 0 Å². The molecule has 0 aliphatic rings. The van der Waals surface area contributed by atoms with E-state index >= 15 is 0 Å². The zero-order valence-corrected chi connectivity index (χ0v) is 8.87. The number of aryl methyl sites for hydroxylation is 1. The summed E-state index contributed by atoms with van der Waals surface area (Å²) >= 11 is 0. The van der Waals surface area contributed by atoms with E-state index < -0.39 is 0 Å². The van der Waals surface area contributed by atoms with Crippen molar-refractivity contribution in [3.63, 3.8) is 0 Å². The second-order valence-corrected chi connectivity index (χ2v) is 3.64. The standard InChI is InChI=1S/C13H13NO/c1-9-12(10(2)15)8-13(14-9)11-6-4-3-5-7-11/h3-8,14H,1-2H3. The van der Waals surface area contributed by atoms with Crippen LogP contribution in [0.3, 0.4) is 0 Å². The third-order valence-corrected chi connectivity index (χ3v) is 2.48. The van der Waals surface area contributed by atoms with Gasteiger partial charge in [0, 0.05) is 17.0 Å². The molecule has 0 spiro atoms. The topological polar surface area (TPSA) is 32.9 Å². The molecule has 0 saturated heterocycles. The SMILES string of the molecule is CC(=O)c1cc(-c2ccccc2)[nH]c1C. The van der Waals surface area contributed by atoms with Crippen LogP contribution in [-0.2, 0) is 0 Å². The van der Waals surface area contributed by atoms with Gasteiger partial charge < -0.3 is 4.98 Å². The van der Waals surface area contributed by atoms with Gasteiger partial charge in [-0.3, -0.25) is 4.79 Å². The van der Waals surface area contributed by atoms with Crippen molar-refractivity contribution in [3.8, 4) is 11.3 Å². The Bertz CT molecular complexity index is 482. The number of Topliss-reactive ketones (excluding diaryl/α,β-unsaturated/α-hetero) is 1. The number of hydrogen-bond donors (Lipinski definition) is 1. The minimum atomic E-state index is 0.103. The van der Waals surface area contributed by atoms with Crippen LogP contribution < -0.4 is 0 Å².